The minimum absolute atomic E-state index is 0.0905. The maximum absolute atomic E-state index is 14.0. The number of halogens is 2. The summed E-state index contributed by atoms with van der Waals surface area (Å²) in [5.74, 6) is -0.146. The summed E-state index contributed by atoms with van der Waals surface area (Å²) in [5, 5.41) is 24.8. The van der Waals surface area contributed by atoms with E-state index < -0.39 is 12.1 Å². The highest BCUT2D eigenvalue weighted by molar-refractivity contribution is 5.73. The van der Waals surface area contributed by atoms with Gasteiger partial charge in [-0.2, -0.15) is 14.6 Å². The van der Waals surface area contributed by atoms with Crippen LogP contribution in [0, 0.1) is 17.3 Å². The van der Waals surface area contributed by atoms with Crippen molar-refractivity contribution in [2.75, 3.05) is 17.2 Å². The van der Waals surface area contributed by atoms with E-state index in [1.165, 1.54) is 18.3 Å². The first-order valence-electron chi connectivity index (χ1n) is 9.76. The SMILES string of the molecule is CC[C@H](F)CNc1ncc(-c2ccc(C#N)c(F)n2)c(NC2CCC(O)CC2)n1. The Hall–Kier alpha value is -2.86. The number of nitrogens with one attached hydrogen (secondary N) is 2. The first-order valence-corrected chi connectivity index (χ1v) is 9.76. The largest absolute Gasteiger partial charge is 0.393 e. The summed E-state index contributed by atoms with van der Waals surface area (Å²) in [7, 11) is 0. The van der Waals surface area contributed by atoms with Gasteiger partial charge in [0.05, 0.1) is 17.4 Å². The van der Waals surface area contributed by atoms with Crippen LogP contribution in [-0.2, 0) is 0 Å². The monoisotopic (exact) mass is 402 g/mol. The van der Waals surface area contributed by atoms with Crippen molar-refractivity contribution in [1.29, 1.82) is 5.26 Å². The number of hydrogen-bond donors (Lipinski definition) is 3. The zero-order valence-corrected chi connectivity index (χ0v) is 16.2. The minimum atomic E-state index is -1.01. The number of nitrogens with zero attached hydrogens (tertiary/aromatic N) is 4. The zero-order valence-electron chi connectivity index (χ0n) is 16.2. The molecule has 0 unspecified atom stereocenters. The average molecular weight is 402 g/mol. The molecule has 9 heteroatoms. The fraction of sp³-hybridized carbons (Fsp3) is 0.500. The van der Waals surface area contributed by atoms with Gasteiger partial charge in [-0.1, -0.05) is 6.92 Å². The number of aromatic nitrogens is 3. The highest BCUT2D eigenvalue weighted by Gasteiger charge is 2.22. The molecule has 2 aromatic rings. The summed E-state index contributed by atoms with van der Waals surface area (Å²) >= 11 is 0. The Balaban J connectivity index is 1.89. The van der Waals surface area contributed by atoms with E-state index in [4.69, 9.17) is 5.26 Å². The third-order valence-corrected chi connectivity index (χ3v) is 5.00. The molecule has 154 valence electrons. The summed E-state index contributed by atoms with van der Waals surface area (Å²) < 4.78 is 27.6. The van der Waals surface area contributed by atoms with Gasteiger partial charge in [0.1, 0.15) is 23.6 Å². The number of alkyl halides is 1. The first kappa shape index (κ1) is 20.9. The third-order valence-electron chi connectivity index (χ3n) is 5.00. The van der Waals surface area contributed by atoms with Gasteiger partial charge in [0, 0.05) is 18.8 Å². The summed E-state index contributed by atoms with van der Waals surface area (Å²) in [5.41, 5.74) is 0.637. The summed E-state index contributed by atoms with van der Waals surface area (Å²) in [4.78, 5) is 12.5. The van der Waals surface area contributed by atoms with E-state index in [0.29, 0.717) is 36.3 Å². The topological polar surface area (TPSA) is 107 Å². The molecule has 29 heavy (non-hydrogen) atoms. The Morgan fingerprint density at radius 2 is 2.03 bits per heavy atom. The van der Waals surface area contributed by atoms with Crippen LogP contribution in [0.3, 0.4) is 0 Å². The van der Waals surface area contributed by atoms with Crippen LogP contribution >= 0.6 is 0 Å². The number of pyridine rings is 1. The van der Waals surface area contributed by atoms with Gasteiger partial charge in [-0.05, 0) is 44.2 Å². The quantitative estimate of drug-likeness (QED) is 0.609. The van der Waals surface area contributed by atoms with E-state index in [-0.39, 0.29) is 30.2 Å². The molecule has 1 fully saturated rings. The van der Waals surface area contributed by atoms with E-state index in [9.17, 15) is 13.9 Å². The normalized spacial score (nSPS) is 20.0. The number of nitriles is 1. The summed E-state index contributed by atoms with van der Waals surface area (Å²) in [6.45, 7) is 1.85. The van der Waals surface area contributed by atoms with Gasteiger partial charge in [0.15, 0.2) is 0 Å². The average Bonchev–Trinajstić information content (AvgIpc) is 2.73. The molecule has 3 N–H and O–H groups in total. The van der Waals surface area contributed by atoms with Crippen LogP contribution in [0.5, 0.6) is 0 Å². The molecule has 0 amide bonds. The molecule has 1 atom stereocenters. The molecular weight excluding hydrogens is 378 g/mol. The van der Waals surface area contributed by atoms with Gasteiger partial charge in [0.2, 0.25) is 11.9 Å². The molecule has 2 aromatic heterocycles. The van der Waals surface area contributed by atoms with Gasteiger partial charge in [-0.3, -0.25) is 0 Å². The second-order valence-corrected chi connectivity index (χ2v) is 7.14. The number of aliphatic hydroxyl groups excluding tert-OH is 1. The fourth-order valence-electron chi connectivity index (χ4n) is 3.19. The van der Waals surface area contributed by atoms with Crippen LogP contribution in [0.2, 0.25) is 0 Å². The van der Waals surface area contributed by atoms with Crippen molar-refractivity contribution in [3.05, 3.63) is 29.8 Å². The Bertz CT molecular complexity index is 880. The number of aliphatic hydroxyl groups is 1. The molecule has 3 rings (SSSR count). The zero-order chi connectivity index (χ0) is 20.8. The van der Waals surface area contributed by atoms with Crippen LogP contribution in [0.1, 0.15) is 44.6 Å². The van der Waals surface area contributed by atoms with E-state index in [0.717, 1.165) is 12.8 Å². The van der Waals surface area contributed by atoms with Gasteiger partial charge >= 0.3 is 0 Å². The van der Waals surface area contributed by atoms with Crippen LogP contribution in [0.25, 0.3) is 11.3 Å². The molecule has 0 spiro atoms. The van der Waals surface area contributed by atoms with Crippen LogP contribution in [-0.4, -0.2) is 44.9 Å². The van der Waals surface area contributed by atoms with Crippen LogP contribution in [0.4, 0.5) is 20.5 Å². The maximum Gasteiger partial charge on any atom is 0.231 e. The second-order valence-electron chi connectivity index (χ2n) is 7.14. The van der Waals surface area contributed by atoms with Crippen molar-refractivity contribution in [3.8, 4) is 17.3 Å². The van der Waals surface area contributed by atoms with E-state index >= 15 is 0 Å². The third kappa shape index (κ3) is 5.35. The lowest BCUT2D eigenvalue weighted by Gasteiger charge is -2.27. The van der Waals surface area contributed by atoms with Gasteiger partial charge < -0.3 is 15.7 Å². The molecule has 0 aliphatic heterocycles. The Kier molecular flexibility index (Phi) is 6.88. The van der Waals surface area contributed by atoms with Crippen molar-refractivity contribution in [2.45, 2.75) is 57.3 Å². The lowest BCUT2D eigenvalue weighted by Crippen LogP contribution is -2.29. The van der Waals surface area contributed by atoms with Crippen molar-refractivity contribution in [2.24, 2.45) is 0 Å². The lowest BCUT2D eigenvalue weighted by atomic mass is 9.93. The number of anilines is 2. The lowest BCUT2D eigenvalue weighted by molar-refractivity contribution is 0.126. The predicted molar refractivity (Wildman–Crippen MR) is 105 cm³/mol. The molecule has 0 saturated heterocycles. The Labute approximate surface area is 168 Å². The Morgan fingerprint density at radius 1 is 1.28 bits per heavy atom. The van der Waals surface area contributed by atoms with E-state index in [2.05, 4.69) is 25.6 Å². The maximum atomic E-state index is 14.0. The van der Waals surface area contributed by atoms with E-state index in [1.54, 1.807) is 13.0 Å². The summed E-state index contributed by atoms with van der Waals surface area (Å²) in [6.07, 6.45) is 3.50. The van der Waals surface area contributed by atoms with Gasteiger partial charge in [0.25, 0.3) is 0 Å². The van der Waals surface area contributed by atoms with Crippen molar-refractivity contribution < 1.29 is 13.9 Å². The van der Waals surface area contributed by atoms with E-state index in [1.807, 2.05) is 0 Å². The van der Waals surface area contributed by atoms with Crippen molar-refractivity contribution in [1.82, 2.24) is 15.0 Å². The molecule has 7 nitrogen and oxygen atoms in total. The number of rotatable bonds is 7. The van der Waals surface area contributed by atoms with Crippen molar-refractivity contribution >= 4 is 11.8 Å². The molecule has 0 bridgehead atoms. The predicted octanol–water partition coefficient (Wildman–Crippen LogP) is 3.42. The standard InChI is InChI=1S/C20H24F2N6O/c1-2-13(21)10-24-20-25-11-16(17-8-3-12(9-23)18(22)27-17)19(28-20)26-14-4-6-15(29)7-5-14/h3,8,11,13-15,29H,2,4-7,10H2,1H3,(H2,24,25,26,28)/t13-,14?,15?/m0/s1. The van der Waals surface area contributed by atoms with Crippen LogP contribution in [0.15, 0.2) is 18.3 Å². The molecule has 0 radical (unpaired) electrons. The molecule has 1 aliphatic rings. The van der Waals surface area contributed by atoms with Gasteiger partial charge in [-0.15, -0.1) is 0 Å². The first-order chi connectivity index (χ1) is 14.0. The molecular formula is C20H24F2N6O. The molecule has 2 heterocycles. The summed E-state index contributed by atoms with van der Waals surface area (Å²) in [6, 6.07) is 4.74. The molecule has 1 aliphatic carbocycles. The van der Waals surface area contributed by atoms with Crippen molar-refractivity contribution in [3.63, 3.8) is 0 Å². The highest BCUT2D eigenvalue weighted by Crippen LogP contribution is 2.29. The Morgan fingerprint density at radius 3 is 2.69 bits per heavy atom. The highest BCUT2D eigenvalue weighted by atomic mass is 19.1. The number of hydrogen-bond acceptors (Lipinski definition) is 7. The minimum Gasteiger partial charge on any atom is -0.393 e. The molecule has 0 aromatic carbocycles. The van der Waals surface area contributed by atoms with Crippen LogP contribution < -0.4 is 10.6 Å². The van der Waals surface area contributed by atoms with Gasteiger partial charge in [-0.25, -0.2) is 14.4 Å². The smallest absolute Gasteiger partial charge is 0.231 e. The second kappa shape index (κ2) is 9.56. The molecule has 1 saturated carbocycles. The fourth-order valence-corrected chi connectivity index (χ4v) is 3.19.